The van der Waals surface area contributed by atoms with Crippen molar-refractivity contribution in [2.75, 3.05) is 6.54 Å². The van der Waals surface area contributed by atoms with Gasteiger partial charge in [-0.2, -0.15) is 0 Å². The summed E-state index contributed by atoms with van der Waals surface area (Å²) >= 11 is 0. The second kappa shape index (κ2) is 3.74. The van der Waals surface area contributed by atoms with Crippen molar-refractivity contribution in [2.24, 2.45) is 16.7 Å². The maximum Gasteiger partial charge on any atom is 0.248 e. The van der Waals surface area contributed by atoms with Gasteiger partial charge in [0.05, 0.1) is 0 Å². The summed E-state index contributed by atoms with van der Waals surface area (Å²) in [6.45, 7) is 15.0. The highest BCUT2D eigenvalue weighted by Gasteiger charge is 2.65. The van der Waals surface area contributed by atoms with E-state index in [0.717, 1.165) is 0 Å². The normalized spacial score (nSPS) is 32.2. The largest absolute Gasteiger partial charge is 0.340 e. The van der Waals surface area contributed by atoms with Gasteiger partial charge >= 0.3 is 0 Å². The number of hydrogen-bond acceptors (Lipinski definition) is 2. The molecule has 4 heteroatoms. The van der Waals surface area contributed by atoms with Gasteiger partial charge in [0.25, 0.3) is 0 Å². The molecule has 0 bridgehead atoms. The number of nitrogens with one attached hydrogen (secondary N) is 1. The Kier molecular flexibility index (Phi) is 2.82. The summed E-state index contributed by atoms with van der Waals surface area (Å²) in [7, 11) is 0. The van der Waals surface area contributed by atoms with Gasteiger partial charge in [-0.3, -0.25) is 9.59 Å². The van der Waals surface area contributed by atoms with Gasteiger partial charge < -0.3 is 10.2 Å². The Morgan fingerprint density at radius 2 is 1.53 bits per heavy atom. The fraction of sp³-hybridized carbons (Fsp3) is 0.867. The fourth-order valence-corrected chi connectivity index (χ4v) is 3.37. The summed E-state index contributed by atoms with van der Waals surface area (Å²) < 4.78 is 0. The zero-order valence-corrected chi connectivity index (χ0v) is 13.1. The van der Waals surface area contributed by atoms with Crippen LogP contribution in [-0.2, 0) is 9.59 Å². The molecule has 1 unspecified atom stereocenters. The molecule has 2 amide bonds. The molecule has 1 heterocycles. The maximum atomic E-state index is 12.5. The first-order valence-corrected chi connectivity index (χ1v) is 7.06. The predicted molar refractivity (Wildman–Crippen MR) is 74.4 cm³/mol. The van der Waals surface area contributed by atoms with E-state index in [4.69, 9.17) is 0 Å². The molecule has 1 saturated heterocycles. The molecular formula is C15H26N2O2. The zero-order valence-electron chi connectivity index (χ0n) is 13.1. The van der Waals surface area contributed by atoms with E-state index in [9.17, 15) is 9.59 Å². The lowest BCUT2D eigenvalue weighted by atomic mass is 9.96. The standard InChI is InChI=1S/C15H26N2O2/c1-9-11(18)16-15(6,7)12(19)17(9)8-10-13(2,3)14(10,4)5/h9-10H,8H2,1-7H3,(H,16,18). The van der Waals surface area contributed by atoms with Crippen LogP contribution >= 0.6 is 0 Å². The van der Waals surface area contributed by atoms with Crippen LogP contribution in [0.5, 0.6) is 0 Å². The van der Waals surface area contributed by atoms with Crippen molar-refractivity contribution in [1.82, 2.24) is 10.2 Å². The van der Waals surface area contributed by atoms with Crippen molar-refractivity contribution in [3.63, 3.8) is 0 Å². The second-order valence-electron chi connectivity index (χ2n) is 7.74. The van der Waals surface area contributed by atoms with Crippen LogP contribution in [0.15, 0.2) is 0 Å². The molecule has 2 aliphatic rings. The number of rotatable bonds is 2. The van der Waals surface area contributed by atoms with Crippen LogP contribution in [0.2, 0.25) is 0 Å². The zero-order chi connectivity index (χ0) is 14.8. The van der Waals surface area contributed by atoms with Crippen molar-refractivity contribution in [2.45, 2.75) is 60.0 Å². The van der Waals surface area contributed by atoms with Gasteiger partial charge in [0.15, 0.2) is 0 Å². The van der Waals surface area contributed by atoms with E-state index in [2.05, 4.69) is 33.0 Å². The summed E-state index contributed by atoms with van der Waals surface area (Å²) in [6.07, 6.45) is 0. The minimum absolute atomic E-state index is 0.0260. The molecule has 2 fully saturated rings. The first-order chi connectivity index (χ1) is 8.43. The van der Waals surface area contributed by atoms with Crippen LogP contribution in [0.4, 0.5) is 0 Å². The highest BCUT2D eigenvalue weighted by atomic mass is 16.2. The minimum Gasteiger partial charge on any atom is -0.340 e. The first kappa shape index (κ1) is 14.4. The van der Waals surface area contributed by atoms with E-state index in [1.54, 1.807) is 18.7 Å². The lowest BCUT2D eigenvalue weighted by molar-refractivity contribution is -0.153. The Bertz CT molecular complexity index is 423. The molecule has 0 spiro atoms. The maximum absolute atomic E-state index is 12.5. The van der Waals surface area contributed by atoms with E-state index in [1.807, 2.05) is 6.92 Å². The van der Waals surface area contributed by atoms with E-state index in [-0.39, 0.29) is 28.7 Å². The van der Waals surface area contributed by atoms with E-state index < -0.39 is 5.54 Å². The number of nitrogens with zero attached hydrogens (tertiary/aromatic N) is 1. The van der Waals surface area contributed by atoms with Gasteiger partial charge in [0.2, 0.25) is 11.8 Å². The quantitative estimate of drug-likeness (QED) is 0.828. The number of carbonyl (C=O) groups excluding carboxylic acids is 2. The average Bonchev–Trinajstić information content (AvgIpc) is 2.63. The Labute approximate surface area is 115 Å². The molecule has 1 aliphatic carbocycles. The van der Waals surface area contributed by atoms with Crippen molar-refractivity contribution < 1.29 is 9.59 Å². The molecule has 1 saturated carbocycles. The molecule has 4 nitrogen and oxygen atoms in total. The van der Waals surface area contributed by atoms with Gasteiger partial charge in [-0.25, -0.2) is 0 Å². The van der Waals surface area contributed by atoms with Gasteiger partial charge in [-0.05, 0) is 37.5 Å². The van der Waals surface area contributed by atoms with Crippen LogP contribution in [0.3, 0.4) is 0 Å². The van der Waals surface area contributed by atoms with Gasteiger partial charge in [-0.15, -0.1) is 0 Å². The van der Waals surface area contributed by atoms with E-state index in [0.29, 0.717) is 12.5 Å². The van der Waals surface area contributed by atoms with Crippen LogP contribution in [-0.4, -0.2) is 34.8 Å². The molecule has 108 valence electrons. The van der Waals surface area contributed by atoms with Crippen LogP contribution < -0.4 is 5.32 Å². The third kappa shape index (κ3) is 1.87. The molecule has 19 heavy (non-hydrogen) atoms. The monoisotopic (exact) mass is 266 g/mol. The molecule has 1 atom stereocenters. The summed E-state index contributed by atoms with van der Waals surface area (Å²) in [5, 5.41) is 2.79. The van der Waals surface area contributed by atoms with Crippen molar-refractivity contribution in [1.29, 1.82) is 0 Å². The molecule has 1 N–H and O–H groups in total. The number of carbonyl (C=O) groups is 2. The van der Waals surface area contributed by atoms with Crippen LogP contribution in [0.1, 0.15) is 48.5 Å². The molecule has 0 aromatic carbocycles. The van der Waals surface area contributed by atoms with Crippen LogP contribution in [0.25, 0.3) is 0 Å². The SMILES string of the molecule is CC1C(=O)NC(C)(C)C(=O)N1CC1C(C)(C)C1(C)C. The summed E-state index contributed by atoms with van der Waals surface area (Å²) in [6, 6.07) is -0.368. The minimum atomic E-state index is -0.785. The smallest absolute Gasteiger partial charge is 0.248 e. The highest BCUT2D eigenvalue weighted by Crippen LogP contribution is 2.68. The summed E-state index contributed by atoms with van der Waals surface area (Å²) in [4.78, 5) is 26.2. The number of piperazine rings is 1. The predicted octanol–water partition coefficient (Wildman–Crippen LogP) is 1.79. The lowest BCUT2D eigenvalue weighted by Crippen LogP contribution is -2.67. The molecule has 2 rings (SSSR count). The molecule has 0 aromatic rings. The summed E-state index contributed by atoms with van der Waals surface area (Å²) in [5.41, 5.74) is -0.330. The molecule has 0 aromatic heterocycles. The first-order valence-electron chi connectivity index (χ1n) is 7.06. The average molecular weight is 266 g/mol. The van der Waals surface area contributed by atoms with Gasteiger partial charge in [-0.1, -0.05) is 27.7 Å². The number of hydrogen-bond donors (Lipinski definition) is 1. The Morgan fingerprint density at radius 1 is 1.05 bits per heavy atom. The topological polar surface area (TPSA) is 49.4 Å². The second-order valence-corrected chi connectivity index (χ2v) is 7.74. The van der Waals surface area contributed by atoms with Crippen LogP contribution in [0, 0.1) is 16.7 Å². The molecule has 1 aliphatic heterocycles. The third-order valence-corrected chi connectivity index (χ3v) is 5.78. The Balaban J connectivity index is 2.20. The Hall–Kier alpha value is -1.06. The van der Waals surface area contributed by atoms with E-state index in [1.165, 1.54) is 0 Å². The highest BCUT2D eigenvalue weighted by molar-refractivity contribution is 5.99. The van der Waals surface area contributed by atoms with E-state index >= 15 is 0 Å². The van der Waals surface area contributed by atoms with Crippen molar-refractivity contribution in [3.05, 3.63) is 0 Å². The molecular weight excluding hydrogens is 240 g/mol. The van der Waals surface area contributed by atoms with Crippen molar-refractivity contribution >= 4 is 11.8 Å². The fourth-order valence-electron chi connectivity index (χ4n) is 3.37. The third-order valence-electron chi connectivity index (χ3n) is 5.78. The molecule has 0 radical (unpaired) electrons. The summed E-state index contributed by atoms with van der Waals surface area (Å²) in [5.74, 6) is 0.423. The number of amides is 2. The van der Waals surface area contributed by atoms with Crippen molar-refractivity contribution in [3.8, 4) is 0 Å². The Morgan fingerprint density at radius 3 is 1.95 bits per heavy atom. The van der Waals surface area contributed by atoms with Gasteiger partial charge in [0.1, 0.15) is 11.6 Å². The van der Waals surface area contributed by atoms with Gasteiger partial charge in [0, 0.05) is 6.54 Å². The lowest BCUT2D eigenvalue weighted by Gasteiger charge is -2.42.